The van der Waals surface area contributed by atoms with Crippen molar-refractivity contribution in [1.82, 2.24) is 9.80 Å². The van der Waals surface area contributed by atoms with E-state index in [2.05, 4.69) is 4.90 Å². The van der Waals surface area contributed by atoms with Crippen LogP contribution in [0.1, 0.15) is 24.8 Å². The number of carbonyl (C=O) groups excluding carboxylic acids is 1. The maximum Gasteiger partial charge on any atom is 0.239 e. The lowest BCUT2D eigenvalue weighted by Crippen LogP contribution is -2.45. The lowest BCUT2D eigenvalue weighted by molar-refractivity contribution is -0.135. The molecule has 0 saturated carbocycles. The minimum atomic E-state index is -0.223. The molecule has 4 nitrogen and oxygen atoms in total. The summed E-state index contributed by atoms with van der Waals surface area (Å²) in [6.07, 6.45) is 2.85. The van der Waals surface area contributed by atoms with E-state index in [0.29, 0.717) is 13.1 Å². The van der Waals surface area contributed by atoms with E-state index < -0.39 is 0 Å². The van der Waals surface area contributed by atoms with Crippen molar-refractivity contribution in [2.45, 2.75) is 37.9 Å². The number of amides is 1. The summed E-state index contributed by atoms with van der Waals surface area (Å²) in [5.74, 6) is -0.0126. The van der Waals surface area contributed by atoms with Crippen molar-refractivity contribution in [3.05, 3.63) is 35.6 Å². The minimum absolute atomic E-state index is 0.0413. The molecule has 2 aliphatic heterocycles. The standard InChI is InChI=1S/C16H22FN3O/c17-13-5-3-12(4-6-13)10-19-8-1-2-15(19)16(21)20-9-7-14(18)11-20/h3-6,14-15H,1-2,7-11,18H2/t14-,15-/m0/s1. The Labute approximate surface area is 124 Å². The van der Waals surface area contributed by atoms with E-state index in [4.69, 9.17) is 5.73 Å². The zero-order chi connectivity index (χ0) is 14.8. The average Bonchev–Trinajstić information content (AvgIpc) is 3.10. The molecule has 2 heterocycles. The van der Waals surface area contributed by atoms with E-state index >= 15 is 0 Å². The maximum atomic E-state index is 13.0. The van der Waals surface area contributed by atoms with Gasteiger partial charge in [-0.25, -0.2) is 4.39 Å². The summed E-state index contributed by atoms with van der Waals surface area (Å²) in [6, 6.07) is 6.62. The summed E-state index contributed by atoms with van der Waals surface area (Å²) in [4.78, 5) is 16.7. The van der Waals surface area contributed by atoms with Gasteiger partial charge in [0.05, 0.1) is 6.04 Å². The molecule has 2 aliphatic rings. The monoisotopic (exact) mass is 291 g/mol. The van der Waals surface area contributed by atoms with Crippen LogP contribution in [0.5, 0.6) is 0 Å². The highest BCUT2D eigenvalue weighted by Gasteiger charge is 2.35. The Morgan fingerprint density at radius 3 is 2.67 bits per heavy atom. The summed E-state index contributed by atoms with van der Waals surface area (Å²) < 4.78 is 13.0. The van der Waals surface area contributed by atoms with Crippen LogP contribution in [0.4, 0.5) is 4.39 Å². The van der Waals surface area contributed by atoms with Crippen molar-refractivity contribution >= 4 is 5.91 Å². The van der Waals surface area contributed by atoms with Gasteiger partial charge in [-0.2, -0.15) is 0 Å². The molecule has 21 heavy (non-hydrogen) atoms. The molecule has 2 N–H and O–H groups in total. The molecule has 2 saturated heterocycles. The SMILES string of the molecule is N[C@H]1CCN(C(=O)[C@@H]2CCCN2Cc2ccc(F)cc2)C1. The van der Waals surface area contributed by atoms with Crippen LogP contribution in [-0.2, 0) is 11.3 Å². The smallest absolute Gasteiger partial charge is 0.239 e. The Balaban J connectivity index is 1.65. The van der Waals surface area contributed by atoms with Gasteiger partial charge in [0, 0.05) is 25.7 Å². The minimum Gasteiger partial charge on any atom is -0.340 e. The summed E-state index contributed by atoms with van der Waals surface area (Å²) in [5.41, 5.74) is 6.94. The molecule has 2 fully saturated rings. The zero-order valence-corrected chi connectivity index (χ0v) is 12.2. The van der Waals surface area contributed by atoms with Crippen molar-refractivity contribution < 1.29 is 9.18 Å². The molecule has 1 aromatic rings. The molecule has 3 rings (SSSR count). The molecule has 0 aromatic heterocycles. The average molecular weight is 291 g/mol. The molecule has 1 aromatic carbocycles. The fourth-order valence-electron chi connectivity index (χ4n) is 3.32. The van der Waals surface area contributed by atoms with Crippen LogP contribution in [0, 0.1) is 5.82 Å². The van der Waals surface area contributed by atoms with Gasteiger partial charge in [-0.05, 0) is 43.5 Å². The first-order valence-corrected chi connectivity index (χ1v) is 7.66. The third-order valence-electron chi connectivity index (χ3n) is 4.48. The van der Waals surface area contributed by atoms with E-state index in [0.717, 1.165) is 37.9 Å². The number of likely N-dealkylation sites (tertiary alicyclic amines) is 2. The number of hydrogen-bond acceptors (Lipinski definition) is 3. The van der Waals surface area contributed by atoms with E-state index in [-0.39, 0.29) is 23.8 Å². The fourth-order valence-corrected chi connectivity index (χ4v) is 3.32. The summed E-state index contributed by atoms with van der Waals surface area (Å²) in [5, 5.41) is 0. The fraction of sp³-hybridized carbons (Fsp3) is 0.562. The lowest BCUT2D eigenvalue weighted by atomic mass is 10.1. The molecule has 2 atom stereocenters. The second-order valence-electron chi connectivity index (χ2n) is 6.09. The second kappa shape index (κ2) is 6.12. The number of nitrogens with two attached hydrogens (primary N) is 1. The number of carbonyl (C=O) groups is 1. The van der Waals surface area contributed by atoms with Gasteiger partial charge in [0.1, 0.15) is 5.82 Å². The van der Waals surface area contributed by atoms with Gasteiger partial charge in [-0.1, -0.05) is 12.1 Å². The molecule has 5 heteroatoms. The van der Waals surface area contributed by atoms with E-state index in [1.165, 1.54) is 12.1 Å². The summed E-state index contributed by atoms with van der Waals surface area (Å²) in [7, 11) is 0. The highest BCUT2D eigenvalue weighted by molar-refractivity contribution is 5.82. The Bertz CT molecular complexity index is 505. The highest BCUT2D eigenvalue weighted by atomic mass is 19.1. The van der Waals surface area contributed by atoms with Crippen molar-refractivity contribution in [3.8, 4) is 0 Å². The molecule has 1 amide bonds. The van der Waals surface area contributed by atoms with Crippen molar-refractivity contribution in [2.24, 2.45) is 5.73 Å². The van der Waals surface area contributed by atoms with Gasteiger partial charge in [-0.15, -0.1) is 0 Å². The van der Waals surface area contributed by atoms with E-state index in [1.807, 2.05) is 4.90 Å². The molecule has 0 bridgehead atoms. The molecule has 0 aliphatic carbocycles. The van der Waals surface area contributed by atoms with Crippen LogP contribution in [0.3, 0.4) is 0 Å². The van der Waals surface area contributed by atoms with Crippen LogP contribution in [-0.4, -0.2) is 47.4 Å². The first kappa shape index (κ1) is 14.5. The second-order valence-corrected chi connectivity index (χ2v) is 6.09. The Kier molecular flexibility index (Phi) is 4.22. The lowest BCUT2D eigenvalue weighted by Gasteiger charge is -2.27. The van der Waals surface area contributed by atoms with Gasteiger partial charge in [0.15, 0.2) is 0 Å². The van der Waals surface area contributed by atoms with Crippen LogP contribution in [0.2, 0.25) is 0 Å². The largest absolute Gasteiger partial charge is 0.340 e. The van der Waals surface area contributed by atoms with Gasteiger partial charge >= 0.3 is 0 Å². The molecule has 0 spiro atoms. The van der Waals surface area contributed by atoms with Crippen LogP contribution < -0.4 is 5.73 Å². The van der Waals surface area contributed by atoms with E-state index in [9.17, 15) is 9.18 Å². The van der Waals surface area contributed by atoms with Crippen molar-refractivity contribution in [3.63, 3.8) is 0 Å². The van der Waals surface area contributed by atoms with Crippen LogP contribution in [0.15, 0.2) is 24.3 Å². The van der Waals surface area contributed by atoms with Gasteiger partial charge < -0.3 is 10.6 Å². The molecular weight excluding hydrogens is 269 g/mol. The number of halogens is 1. The normalized spacial score (nSPS) is 26.5. The topological polar surface area (TPSA) is 49.6 Å². The first-order chi connectivity index (χ1) is 10.1. The predicted molar refractivity (Wildman–Crippen MR) is 79.0 cm³/mol. The number of hydrogen-bond donors (Lipinski definition) is 1. The molecule has 0 radical (unpaired) electrons. The van der Waals surface area contributed by atoms with Gasteiger partial charge in [0.25, 0.3) is 0 Å². The quantitative estimate of drug-likeness (QED) is 0.914. The number of rotatable bonds is 3. The Hall–Kier alpha value is -1.46. The molecule has 114 valence electrons. The number of benzene rings is 1. The van der Waals surface area contributed by atoms with Crippen LogP contribution in [0.25, 0.3) is 0 Å². The third kappa shape index (κ3) is 3.24. The van der Waals surface area contributed by atoms with Gasteiger partial charge in [0.2, 0.25) is 5.91 Å². The molecular formula is C16H22FN3O. The molecule has 0 unspecified atom stereocenters. The maximum absolute atomic E-state index is 13.0. The summed E-state index contributed by atoms with van der Waals surface area (Å²) in [6.45, 7) is 3.09. The van der Waals surface area contributed by atoms with Crippen molar-refractivity contribution in [1.29, 1.82) is 0 Å². The van der Waals surface area contributed by atoms with Gasteiger partial charge in [-0.3, -0.25) is 9.69 Å². The first-order valence-electron chi connectivity index (χ1n) is 7.66. The third-order valence-corrected chi connectivity index (χ3v) is 4.48. The highest BCUT2D eigenvalue weighted by Crippen LogP contribution is 2.23. The Morgan fingerprint density at radius 1 is 1.24 bits per heavy atom. The van der Waals surface area contributed by atoms with Crippen molar-refractivity contribution in [2.75, 3.05) is 19.6 Å². The summed E-state index contributed by atoms with van der Waals surface area (Å²) >= 11 is 0. The predicted octanol–water partition coefficient (Wildman–Crippen LogP) is 1.35. The Morgan fingerprint density at radius 2 is 2.00 bits per heavy atom. The number of nitrogens with zero attached hydrogens (tertiary/aromatic N) is 2. The van der Waals surface area contributed by atoms with Crippen LogP contribution >= 0.6 is 0 Å². The van der Waals surface area contributed by atoms with E-state index in [1.54, 1.807) is 12.1 Å². The zero-order valence-electron chi connectivity index (χ0n) is 12.2.